The molecule has 0 spiro atoms. The molecule has 270 valence electrons. The number of benzene rings is 2. The minimum atomic E-state index is -1.23. The number of hydrogen-bond donors (Lipinski definition) is 2. The van der Waals surface area contributed by atoms with Crippen LogP contribution in [0.2, 0.25) is 10.3 Å². The van der Waals surface area contributed by atoms with Crippen LogP contribution in [0.4, 0.5) is 33.6 Å². The van der Waals surface area contributed by atoms with Gasteiger partial charge in [-0.3, -0.25) is 0 Å². The van der Waals surface area contributed by atoms with Gasteiger partial charge < -0.3 is 10.6 Å². The molecule has 0 saturated heterocycles. The topological polar surface area (TPSA) is 110 Å². The lowest BCUT2D eigenvalue weighted by molar-refractivity contribution is 0.358. The predicted molar refractivity (Wildman–Crippen MR) is 187 cm³/mol. The fourth-order valence-corrected chi connectivity index (χ4v) is 5.24. The maximum atomic E-state index is 14.7. The molecule has 17 heteroatoms. The summed E-state index contributed by atoms with van der Waals surface area (Å²) >= 11 is 12.5. The normalized spacial score (nSPS) is 14.8. The summed E-state index contributed by atoms with van der Waals surface area (Å²) in [6, 6.07) is 1.08. The number of nitrogens with zero attached hydrogens (tertiary/aromatic N) is 8. The molecule has 0 radical (unpaired) electrons. The van der Waals surface area contributed by atoms with Gasteiger partial charge in [0.2, 0.25) is 0 Å². The SMILES string of the molecule is [2H]C(C)(Nc1c(-c2c(F)cc(C)cc2F)c(Cl)nc2ncnn12)C(C)(C)C.[2H]C(C)(Nc1c(-c2c(F)cc(F)cc2F)c(Cl)nc2ncnn12)C(C)C. The Morgan fingerprint density at radius 3 is 1.51 bits per heavy atom. The molecule has 6 aromatic rings. The van der Waals surface area contributed by atoms with Gasteiger partial charge in [0, 0.05) is 24.2 Å². The number of nitrogens with one attached hydrogen (secondary N) is 2. The van der Waals surface area contributed by atoms with Crippen LogP contribution in [-0.2, 0) is 0 Å². The Balaban J connectivity index is 0.000000204. The summed E-state index contributed by atoms with van der Waals surface area (Å²) in [6.45, 7) is 14.1. The average Bonchev–Trinajstić information content (AvgIpc) is 3.68. The van der Waals surface area contributed by atoms with Crippen molar-refractivity contribution in [3.63, 3.8) is 0 Å². The number of rotatable bonds is 7. The van der Waals surface area contributed by atoms with Crippen LogP contribution in [0.25, 0.3) is 33.8 Å². The van der Waals surface area contributed by atoms with Crippen LogP contribution in [0.1, 0.15) is 56.8 Å². The van der Waals surface area contributed by atoms with E-state index < -0.39 is 52.1 Å². The van der Waals surface area contributed by atoms with Gasteiger partial charge in [0.15, 0.2) is 0 Å². The molecule has 0 aliphatic rings. The first-order chi connectivity index (χ1) is 24.5. The van der Waals surface area contributed by atoms with E-state index in [9.17, 15) is 22.0 Å². The van der Waals surface area contributed by atoms with E-state index in [2.05, 4.69) is 40.8 Å². The number of fused-ring (bicyclic) bond motifs is 2. The second-order valence-electron chi connectivity index (χ2n) is 13.0. The summed E-state index contributed by atoms with van der Waals surface area (Å²) in [4.78, 5) is 16.0. The third-order valence-electron chi connectivity index (χ3n) is 8.07. The van der Waals surface area contributed by atoms with E-state index in [-0.39, 0.29) is 56.1 Å². The minimum absolute atomic E-state index is 0.00704. The lowest BCUT2D eigenvalue weighted by Crippen LogP contribution is -2.32. The van der Waals surface area contributed by atoms with Gasteiger partial charge in [-0.05, 0) is 49.8 Å². The highest BCUT2D eigenvalue weighted by Gasteiger charge is 2.28. The van der Waals surface area contributed by atoms with E-state index in [1.54, 1.807) is 34.6 Å². The van der Waals surface area contributed by atoms with Gasteiger partial charge in [0.25, 0.3) is 11.6 Å². The molecular formula is C34H35Cl2F5N10. The zero-order valence-corrected chi connectivity index (χ0v) is 30.3. The predicted octanol–water partition coefficient (Wildman–Crippen LogP) is 9.20. The number of aromatic nitrogens is 8. The zero-order valence-electron chi connectivity index (χ0n) is 30.8. The standard InChI is InChI=1S/C18H20ClF2N5.C16H15ClF3N5/c1-9-6-11(20)13(12(21)7-9)14-15(19)25-17-22-8-23-26(17)16(14)24-10(2)18(3,4)5;1-7(2)8(3)23-15-13(12-10(19)4-9(18)5-11(12)20)14(17)24-16-21-6-22-25(15)16/h6-8,10,24H,1-5H3;4-8,23H,1-3H3/i10D;8D. The van der Waals surface area contributed by atoms with E-state index in [0.29, 0.717) is 17.7 Å². The Kier molecular flexibility index (Phi) is 9.92. The molecule has 2 aromatic carbocycles. The monoisotopic (exact) mass is 750 g/mol. The maximum Gasteiger partial charge on any atom is 0.255 e. The number of aryl methyl sites for hydroxylation is 1. The second-order valence-corrected chi connectivity index (χ2v) is 13.7. The van der Waals surface area contributed by atoms with Crippen molar-refractivity contribution in [3.05, 3.63) is 81.9 Å². The highest BCUT2D eigenvalue weighted by Crippen LogP contribution is 2.40. The molecular weight excluding hydrogens is 714 g/mol. The van der Waals surface area contributed by atoms with Crippen LogP contribution < -0.4 is 10.6 Å². The Bertz CT molecular complexity index is 2300. The van der Waals surface area contributed by atoms with Gasteiger partial charge in [-0.1, -0.05) is 57.8 Å². The Morgan fingerprint density at radius 2 is 1.10 bits per heavy atom. The summed E-state index contributed by atoms with van der Waals surface area (Å²) in [5, 5.41) is 13.6. The van der Waals surface area contributed by atoms with Gasteiger partial charge in [-0.15, -0.1) is 0 Å². The Labute approximate surface area is 303 Å². The van der Waals surface area contributed by atoms with Gasteiger partial charge >= 0.3 is 0 Å². The lowest BCUT2D eigenvalue weighted by Gasteiger charge is -2.30. The van der Waals surface area contributed by atoms with E-state index in [1.165, 1.54) is 33.8 Å². The van der Waals surface area contributed by atoms with Crippen molar-refractivity contribution in [1.29, 1.82) is 0 Å². The lowest BCUT2D eigenvalue weighted by atomic mass is 9.88. The molecule has 0 saturated carbocycles. The van der Waals surface area contributed by atoms with Gasteiger partial charge in [0.1, 0.15) is 63.7 Å². The third kappa shape index (κ3) is 7.69. The molecule has 4 heterocycles. The average molecular weight is 752 g/mol. The van der Waals surface area contributed by atoms with Crippen LogP contribution >= 0.6 is 23.2 Å². The number of hydrogen-bond acceptors (Lipinski definition) is 8. The van der Waals surface area contributed by atoms with Crippen molar-refractivity contribution in [1.82, 2.24) is 39.2 Å². The molecule has 2 N–H and O–H groups in total. The quantitative estimate of drug-likeness (QED) is 0.123. The van der Waals surface area contributed by atoms with Crippen molar-refractivity contribution in [2.24, 2.45) is 11.3 Å². The Hall–Kier alpha value is -4.63. The first-order valence-electron chi connectivity index (χ1n) is 16.5. The van der Waals surface area contributed by atoms with E-state index in [4.69, 9.17) is 25.9 Å². The molecule has 2 atom stereocenters. The molecule has 0 amide bonds. The summed E-state index contributed by atoms with van der Waals surface area (Å²) in [7, 11) is 0. The summed E-state index contributed by atoms with van der Waals surface area (Å²) in [5.74, 6) is -4.66. The molecule has 6 rings (SSSR count). The molecule has 51 heavy (non-hydrogen) atoms. The zero-order chi connectivity index (χ0) is 39.4. The highest BCUT2D eigenvalue weighted by molar-refractivity contribution is 6.33. The minimum Gasteiger partial charge on any atom is -0.367 e. The summed E-state index contributed by atoms with van der Waals surface area (Å²) in [6.07, 6.45) is 2.45. The first-order valence-corrected chi connectivity index (χ1v) is 16.3. The molecule has 0 aliphatic heterocycles. The number of anilines is 2. The van der Waals surface area contributed by atoms with Gasteiger partial charge in [0.05, 0.1) is 25.0 Å². The number of halogens is 7. The second kappa shape index (κ2) is 14.5. The fraction of sp³-hybridized carbons (Fsp3) is 0.353. The van der Waals surface area contributed by atoms with Crippen LogP contribution in [0, 0.1) is 47.3 Å². The van der Waals surface area contributed by atoms with Crippen molar-refractivity contribution >= 4 is 46.4 Å². The smallest absolute Gasteiger partial charge is 0.255 e. The molecule has 2 unspecified atom stereocenters. The van der Waals surface area contributed by atoms with Crippen molar-refractivity contribution in [2.75, 3.05) is 10.6 Å². The fourth-order valence-electron chi connectivity index (χ4n) is 4.72. The van der Waals surface area contributed by atoms with Crippen LogP contribution in [0.15, 0.2) is 36.9 Å². The molecule has 10 nitrogen and oxygen atoms in total. The molecule has 0 fully saturated rings. The highest BCUT2D eigenvalue weighted by atomic mass is 35.5. The van der Waals surface area contributed by atoms with Gasteiger partial charge in [-0.25, -0.2) is 22.0 Å². The molecule has 0 aliphatic carbocycles. The maximum absolute atomic E-state index is 14.7. The van der Waals surface area contributed by atoms with Gasteiger partial charge in [-0.2, -0.15) is 39.2 Å². The van der Waals surface area contributed by atoms with E-state index >= 15 is 0 Å². The van der Waals surface area contributed by atoms with Crippen LogP contribution in [-0.4, -0.2) is 51.2 Å². The van der Waals surface area contributed by atoms with Crippen LogP contribution in [0.5, 0.6) is 0 Å². The van der Waals surface area contributed by atoms with Crippen molar-refractivity contribution < 1.29 is 24.7 Å². The Morgan fingerprint density at radius 1 is 0.686 bits per heavy atom. The largest absolute Gasteiger partial charge is 0.367 e. The summed E-state index contributed by atoms with van der Waals surface area (Å²) < 4.78 is 91.1. The van der Waals surface area contributed by atoms with Crippen molar-refractivity contribution in [3.8, 4) is 22.3 Å². The summed E-state index contributed by atoms with van der Waals surface area (Å²) in [5.41, 5.74) is -1.15. The molecule has 0 bridgehead atoms. The van der Waals surface area contributed by atoms with Crippen molar-refractivity contribution in [2.45, 2.75) is 67.4 Å². The first kappa shape index (κ1) is 34.8. The third-order valence-corrected chi connectivity index (χ3v) is 8.62. The van der Waals surface area contributed by atoms with Crippen LogP contribution in [0.3, 0.4) is 0 Å². The molecule has 4 aromatic heterocycles. The van der Waals surface area contributed by atoms with E-state index in [0.717, 1.165) is 0 Å². The van der Waals surface area contributed by atoms with E-state index in [1.807, 2.05) is 20.8 Å².